The van der Waals surface area contributed by atoms with Crippen LogP contribution in [0.1, 0.15) is 48.2 Å². The Hall–Kier alpha value is -2.15. The second-order valence-corrected chi connectivity index (χ2v) is 5.60. The molecule has 118 valence electrons. The van der Waals surface area contributed by atoms with E-state index in [-0.39, 0.29) is 11.9 Å². The first kappa shape index (κ1) is 14.8. The molecule has 0 unspecified atom stereocenters. The van der Waals surface area contributed by atoms with Gasteiger partial charge in [0.25, 0.3) is 5.91 Å². The summed E-state index contributed by atoms with van der Waals surface area (Å²) in [6.45, 7) is 3.16. The number of methoxy groups -OCH3 is 1. The lowest BCUT2D eigenvalue weighted by molar-refractivity contribution is 0.0927. The van der Waals surface area contributed by atoms with Crippen LogP contribution in [-0.4, -0.2) is 39.0 Å². The Bertz CT molecular complexity index is 644. The third-order valence-corrected chi connectivity index (χ3v) is 3.87. The van der Waals surface area contributed by atoms with Gasteiger partial charge in [-0.1, -0.05) is 0 Å². The van der Waals surface area contributed by atoms with Gasteiger partial charge < -0.3 is 19.2 Å². The van der Waals surface area contributed by atoms with E-state index in [1.165, 1.54) is 0 Å². The van der Waals surface area contributed by atoms with E-state index in [2.05, 4.69) is 20.1 Å². The molecule has 1 fully saturated rings. The first-order chi connectivity index (χ1) is 10.7. The summed E-state index contributed by atoms with van der Waals surface area (Å²) in [7, 11) is 1.65. The molecule has 1 aliphatic carbocycles. The minimum absolute atomic E-state index is 0.0781. The number of nitrogens with zero attached hydrogens (tertiary/aromatic N) is 4. The highest BCUT2D eigenvalue weighted by Crippen LogP contribution is 2.36. The van der Waals surface area contributed by atoms with E-state index in [1.54, 1.807) is 13.4 Å². The Balaban J connectivity index is 1.68. The maximum Gasteiger partial charge on any atom is 0.268 e. The minimum atomic E-state index is -0.214. The maximum absolute atomic E-state index is 12.5. The summed E-state index contributed by atoms with van der Waals surface area (Å²) >= 11 is 0. The number of carbonyl (C=O) groups excluding carboxylic acids is 1. The van der Waals surface area contributed by atoms with Crippen molar-refractivity contribution in [3.05, 3.63) is 36.2 Å². The maximum atomic E-state index is 12.5. The standard InChI is InChI=1S/C15H21N5O2/c1-11(14-18-16-10-19(14)8-9-22-2)17-15(21)13-4-3-7-20(13)12-5-6-12/h3-4,7,10-12H,5-6,8-9H2,1-2H3,(H,17,21)/t11-/m0/s1. The molecule has 0 saturated heterocycles. The van der Waals surface area contributed by atoms with Crippen molar-refractivity contribution in [2.45, 2.75) is 38.4 Å². The van der Waals surface area contributed by atoms with Gasteiger partial charge >= 0.3 is 0 Å². The second-order valence-electron chi connectivity index (χ2n) is 5.60. The molecule has 2 aromatic rings. The van der Waals surface area contributed by atoms with Crippen molar-refractivity contribution in [1.29, 1.82) is 0 Å². The quantitative estimate of drug-likeness (QED) is 0.842. The number of nitrogens with one attached hydrogen (secondary N) is 1. The highest BCUT2D eigenvalue weighted by atomic mass is 16.5. The zero-order valence-electron chi connectivity index (χ0n) is 12.9. The molecule has 2 aromatic heterocycles. The number of ether oxygens (including phenoxy) is 1. The average molecular weight is 303 g/mol. The number of hydrogen-bond acceptors (Lipinski definition) is 4. The van der Waals surface area contributed by atoms with Crippen LogP contribution in [0.5, 0.6) is 0 Å². The molecule has 1 amide bonds. The molecule has 2 heterocycles. The number of hydrogen-bond donors (Lipinski definition) is 1. The zero-order valence-corrected chi connectivity index (χ0v) is 12.9. The van der Waals surface area contributed by atoms with Gasteiger partial charge in [0, 0.05) is 25.9 Å². The van der Waals surface area contributed by atoms with Crippen LogP contribution in [0, 0.1) is 0 Å². The van der Waals surface area contributed by atoms with Crippen LogP contribution in [0.2, 0.25) is 0 Å². The van der Waals surface area contributed by atoms with Crippen molar-refractivity contribution in [2.75, 3.05) is 13.7 Å². The molecule has 0 aromatic carbocycles. The molecule has 7 heteroatoms. The molecule has 22 heavy (non-hydrogen) atoms. The highest BCUT2D eigenvalue weighted by molar-refractivity contribution is 5.93. The van der Waals surface area contributed by atoms with Gasteiger partial charge in [0.05, 0.1) is 12.6 Å². The van der Waals surface area contributed by atoms with Crippen molar-refractivity contribution >= 4 is 5.91 Å². The number of rotatable bonds is 7. The van der Waals surface area contributed by atoms with Gasteiger partial charge in [-0.15, -0.1) is 10.2 Å². The van der Waals surface area contributed by atoms with Crippen molar-refractivity contribution in [3.63, 3.8) is 0 Å². The molecule has 1 saturated carbocycles. The molecular weight excluding hydrogens is 282 g/mol. The van der Waals surface area contributed by atoms with Crippen LogP contribution < -0.4 is 5.32 Å². The molecule has 0 spiro atoms. The fraction of sp³-hybridized carbons (Fsp3) is 0.533. The zero-order chi connectivity index (χ0) is 15.5. The summed E-state index contributed by atoms with van der Waals surface area (Å²) in [6, 6.07) is 4.04. The van der Waals surface area contributed by atoms with E-state index in [9.17, 15) is 4.79 Å². The lowest BCUT2D eigenvalue weighted by Gasteiger charge is -2.15. The lowest BCUT2D eigenvalue weighted by Crippen LogP contribution is -2.30. The normalized spacial score (nSPS) is 15.7. The molecule has 1 aliphatic rings. The third-order valence-electron chi connectivity index (χ3n) is 3.87. The molecule has 3 rings (SSSR count). The van der Waals surface area contributed by atoms with Gasteiger partial charge in [0.1, 0.15) is 12.0 Å². The smallest absolute Gasteiger partial charge is 0.268 e. The van der Waals surface area contributed by atoms with Crippen LogP contribution in [-0.2, 0) is 11.3 Å². The summed E-state index contributed by atoms with van der Waals surface area (Å²) in [6.07, 6.45) is 5.92. The summed E-state index contributed by atoms with van der Waals surface area (Å²) in [5.41, 5.74) is 0.706. The van der Waals surface area contributed by atoms with Gasteiger partial charge in [-0.2, -0.15) is 0 Å². The van der Waals surface area contributed by atoms with E-state index in [4.69, 9.17) is 4.74 Å². The topological polar surface area (TPSA) is 74.0 Å². The molecular formula is C15H21N5O2. The molecule has 0 aliphatic heterocycles. The summed E-state index contributed by atoms with van der Waals surface area (Å²) in [4.78, 5) is 12.5. The summed E-state index contributed by atoms with van der Waals surface area (Å²) < 4.78 is 9.02. The van der Waals surface area contributed by atoms with Crippen molar-refractivity contribution < 1.29 is 9.53 Å². The van der Waals surface area contributed by atoms with Crippen molar-refractivity contribution in [2.24, 2.45) is 0 Å². The molecule has 0 bridgehead atoms. The molecule has 1 N–H and O–H groups in total. The minimum Gasteiger partial charge on any atom is -0.383 e. The Morgan fingerprint density at radius 2 is 2.36 bits per heavy atom. The Morgan fingerprint density at radius 3 is 3.09 bits per heavy atom. The molecule has 7 nitrogen and oxygen atoms in total. The Labute approximate surface area is 129 Å². The summed E-state index contributed by atoms with van der Waals surface area (Å²) in [5, 5.41) is 11.0. The highest BCUT2D eigenvalue weighted by Gasteiger charge is 2.27. The molecule has 1 atom stereocenters. The van der Waals surface area contributed by atoms with Gasteiger partial charge in [-0.05, 0) is 31.9 Å². The predicted octanol–water partition coefficient (Wildman–Crippen LogP) is 1.55. The molecule has 0 radical (unpaired) electrons. The first-order valence-corrected chi connectivity index (χ1v) is 7.55. The Kier molecular flexibility index (Phi) is 4.24. The second kappa shape index (κ2) is 6.31. The monoisotopic (exact) mass is 303 g/mol. The van der Waals surface area contributed by atoms with Gasteiger partial charge in [-0.25, -0.2) is 0 Å². The van der Waals surface area contributed by atoms with Crippen molar-refractivity contribution in [3.8, 4) is 0 Å². The van der Waals surface area contributed by atoms with Gasteiger partial charge in [-0.3, -0.25) is 4.79 Å². The lowest BCUT2D eigenvalue weighted by atomic mass is 10.3. The number of carbonyl (C=O) groups is 1. The van der Waals surface area contributed by atoms with Crippen molar-refractivity contribution in [1.82, 2.24) is 24.6 Å². The van der Waals surface area contributed by atoms with Gasteiger partial charge in [0.15, 0.2) is 5.82 Å². The fourth-order valence-corrected chi connectivity index (χ4v) is 2.55. The van der Waals surface area contributed by atoms with Crippen LogP contribution in [0.25, 0.3) is 0 Å². The Morgan fingerprint density at radius 1 is 1.55 bits per heavy atom. The predicted molar refractivity (Wildman–Crippen MR) is 80.5 cm³/mol. The SMILES string of the molecule is COCCn1cnnc1[C@H](C)NC(=O)c1cccn1C1CC1. The van der Waals surface area contributed by atoms with E-state index >= 15 is 0 Å². The number of aromatic nitrogens is 4. The van der Waals surface area contributed by atoms with Crippen LogP contribution in [0.3, 0.4) is 0 Å². The van der Waals surface area contributed by atoms with E-state index in [0.29, 0.717) is 24.9 Å². The van der Waals surface area contributed by atoms with Crippen LogP contribution >= 0.6 is 0 Å². The fourth-order valence-electron chi connectivity index (χ4n) is 2.55. The van der Waals surface area contributed by atoms with E-state index in [1.807, 2.05) is 29.8 Å². The average Bonchev–Trinajstić information content (AvgIpc) is 3.05. The first-order valence-electron chi connectivity index (χ1n) is 7.55. The van der Waals surface area contributed by atoms with E-state index < -0.39 is 0 Å². The van der Waals surface area contributed by atoms with Crippen LogP contribution in [0.4, 0.5) is 0 Å². The largest absolute Gasteiger partial charge is 0.383 e. The van der Waals surface area contributed by atoms with E-state index in [0.717, 1.165) is 18.7 Å². The summed E-state index contributed by atoms with van der Waals surface area (Å²) in [5.74, 6) is 0.653. The third kappa shape index (κ3) is 3.04. The number of amides is 1. The van der Waals surface area contributed by atoms with Crippen LogP contribution in [0.15, 0.2) is 24.7 Å². The van der Waals surface area contributed by atoms with Gasteiger partial charge in [0.2, 0.25) is 0 Å².